The molecule has 0 saturated carbocycles. The van der Waals surface area contributed by atoms with Gasteiger partial charge in [-0.1, -0.05) is 54.6 Å². The van der Waals surface area contributed by atoms with Crippen LogP contribution in [-0.4, -0.2) is 45.0 Å². The number of aromatic amines is 1. The summed E-state index contributed by atoms with van der Waals surface area (Å²) in [5.41, 5.74) is 5.62. The van der Waals surface area contributed by atoms with Crippen molar-refractivity contribution in [3.05, 3.63) is 78.1 Å². The standard InChI is InChI=1S/C27H32N6/c1-18-14-33(15-19(2)30-18)16-21-9-11-23(12-10-21)25-13-24-26(28-17-29-27(24)32-25)31-20(3)22-7-5-4-6-8-22/h4-13,17-20,30H,14-16H2,1-3H3,(H2,28,29,31,32)/t18-,19?,20?/m1/s1. The van der Waals surface area contributed by atoms with E-state index in [4.69, 9.17) is 0 Å². The first-order valence-corrected chi connectivity index (χ1v) is 11.8. The number of benzene rings is 2. The van der Waals surface area contributed by atoms with E-state index in [0.29, 0.717) is 12.1 Å². The number of aromatic nitrogens is 3. The van der Waals surface area contributed by atoms with Gasteiger partial charge in [0.15, 0.2) is 0 Å². The summed E-state index contributed by atoms with van der Waals surface area (Å²) in [6.07, 6.45) is 1.61. The maximum atomic E-state index is 4.52. The monoisotopic (exact) mass is 440 g/mol. The molecular formula is C27H32N6. The van der Waals surface area contributed by atoms with E-state index in [-0.39, 0.29) is 6.04 Å². The number of hydrogen-bond acceptors (Lipinski definition) is 5. The highest BCUT2D eigenvalue weighted by Gasteiger charge is 2.20. The molecule has 4 aromatic rings. The second-order valence-corrected chi connectivity index (χ2v) is 9.30. The van der Waals surface area contributed by atoms with Crippen LogP contribution in [0.4, 0.5) is 5.82 Å². The third kappa shape index (κ3) is 4.92. The Balaban J connectivity index is 1.33. The van der Waals surface area contributed by atoms with Gasteiger partial charge in [0.1, 0.15) is 17.8 Å². The third-order valence-corrected chi connectivity index (χ3v) is 6.38. The van der Waals surface area contributed by atoms with Crippen LogP contribution >= 0.6 is 0 Å². The summed E-state index contributed by atoms with van der Waals surface area (Å²) in [7, 11) is 0. The molecule has 3 atom stereocenters. The molecule has 1 saturated heterocycles. The number of rotatable bonds is 6. The van der Waals surface area contributed by atoms with Gasteiger partial charge in [0, 0.05) is 43.5 Å². The van der Waals surface area contributed by atoms with Crippen molar-refractivity contribution in [2.75, 3.05) is 18.4 Å². The zero-order valence-electron chi connectivity index (χ0n) is 19.5. The Labute approximate surface area is 195 Å². The van der Waals surface area contributed by atoms with Crippen molar-refractivity contribution in [1.82, 2.24) is 25.2 Å². The molecule has 6 heteroatoms. The largest absolute Gasteiger partial charge is 0.363 e. The fraction of sp³-hybridized carbons (Fsp3) is 0.333. The van der Waals surface area contributed by atoms with Crippen molar-refractivity contribution in [3.63, 3.8) is 0 Å². The molecule has 2 unspecified atom stereocenters. The summed E-state index contributed by atoms with van der Waals surface area (Å²) in [5.74, 6) is 0.845. The van der Waals surface area contributed by atoms with Crippen LogP contribution in [0.3, 0.4) is 0 Å². The first kappa shape index (κ1) is 21.6. The van der Waals surface area contributed by atoms with Crippen LogP contribution in [0.1, 0.15) is 37.9 Å². The Morgan fingerprint density at radius 3 is 2.45 bits per heavy atom. The highest BCUT2D eigenvalue weighted by Crippen LogP contribution is 2.29. The van der Waals surface area contributed by atoms with Gasteiger partial charge in [0.2, 0.25) is 0 Å². The summed E-state index contributed by atoms with van der Waals surface area (Å²) < 4.78 is 0. The second-order valence-electron chi connectivity index (χ2n) is 9.30. The Morgan fingerprint density at radius 1 is 1.00 bits per heavy atom. The minimum Gasteiger partial charge on any atom is -0.363 e. The van der Waals surface area contributed by atoms with Crippen molar-refractivity contribution >= 4 is 16.9 Å². The van der Waals surface area contributed by atoms with Gasteiger partial charge in [-0.2, -0.15) is 0 Å². The summed E-state index contributed by atoms with van der Waals surface area (Å²) in [4.78, 5) is 15.0. The minimum absolute atomic E-state index is 0.150. The first-order chi connectivity index (χ1) is 16.0. The van der Waals surface area contributed by atoms with E-state index >= 15 is 0 Å². The Morgan fingerprint density at radius 2 is 1.73 bits per heavy atom. The van der Waals surface area contributed by atoms with Crippen LogP contribution in [-0.2, 0) is 6.54 Å². The highest BCUT2D eigenvalue weighted by molar-refractivity contribution is 5.91. The maximum absolute atomic E-state index is 4.52. The van der Waals surface area contributed by atoms with E-state index in [1.54, 1.807) is 6.33 Å². The zero-order chi connectivity index (χ0) is 22.8. The minimum atomic E-state index is 0.150. The molecule has 3 N–H and O–H groups in total. The summed E-state index contributed by atoms with van der Waals surface area (Å²) in [6, 6.07) is 22.6. The predicted molar refractivity (Wildman–Crippen MR) is 135 cm³/mol. The van der Waals surface area contributed by atoms with Crippen molar-refractivity contribution in [1.29, 1.82) is 0 Å². The number of nitrogens with zero attached hydrogens (tertiary/aromatic N) is 3. The number of piperazine rings is 1. The van der Waals surface area contributed by atoms with E-state index in [1.165, 1.54) is 11.1 Å². The van der Waals surface area contributed by atoms with Gasteiger partial charge >= 0.3 is 0 Å². The number of anilines is 1. The molecule has 170 valence electrons. The second kappa shape index (κ2) is 9.33. The van der Waals surface area contributed by atoms with E-state index in [0.717, 1.165) is 47.7 Å². The van der Waals surface area contributed by atoms with Gasteiger partial charge in [-0.15, -0.1) is 0 Å². The Kier molecular flexibility index (Phi) is 6.11. The number of fused-ring (bicyclic) bond motifs is 1. The molecule has 0 aliphatic carbocycles. The highest BCUT2D eigenvalue weighted by atomic mass is 15.2. The van der Waals surface area contributed by atoms with E-state index in [9.17, 15) is 0 Å². The Hall–Kier alpha value is -3.22. The molecule has 5 rings (SSSR count). The van der Waals surface area contributed by atoms with E-state index in [1.807, 2.05) is 6.07 Å². The molecule has 0 radical (unpaired) electrons. The number of nitrogens with one attached hydrogen (secondary N) is 3. The summed E-state index contributed by atoms with van der Waals surface area (Å²) >= 11 is 0. The van der Waals surface area contributed by atoms with Crippen molar-refractivity contribution in [2.24, 2.45) is 0 Å². The molecule has 3 heterocycles. The van der Waals surface area contributed by atoms with E-state index < -0.39 is 0 Å². The molecule has 2 aromatic heterocycles. The van der Waals surface area contributed by atoms with Crippen LogP contribution in [0.2, 0.25) is 0 Å². The van der Waals surface area contributed by atoms with E-state index in [2.05, 4.69) is 106 Å². The predicted octanol–water partition coefficient (Wildman–Crippen LogP) is 4.98. The average Bonchev–Trinajstić information content (AvgIpc) is 3.25. The Bertz CT molecular complexity index is 1190. The van der Waals surface area contributed by atoms with Gasteiger partial charge in [-0.25, -0.2) is 9.97 Å². The number of H-pyrrole nitrogens is 1. The fourth-order valence-corrected chi connectivity index (χ4v) is 4.86. The third-order valence-electron chi connectivity index (χ3n) is 6.38. The average molecular weight is 441 g/mol. The van der Waals surface area contributed by atoms with Crippen molar-refractivity contribution in [2.45, 2.75) is 45.4 Å². The lowest BCUT2D eigenvalue weighted by atomic mass is 10.1. The van der Waals surface area contributed by atoms with Crippen LogP contribution in [0.25, 0.3) is 22.3 Å². The molecule has 1 aliphatic rings. The molecule has 6 nitrogen and oxygen atoms in total. The van der Waals surface area contributed by atoms with Gasteiger partial charge in [-0.3, -0.25) is 4.90 Å². The van der Waals surface area contributed by atoms with Crippen LogP contribution < -0.4 is 10.6 Å². The van der Waals surface area contributed by atoms with Gasteiger partial charge in [0.05, 0.1) is 5.39 Å². The van der Waals surface area contributed by atoms with Crippen LogP contribution in [0.5, 0.6) is 0 Å². The molecule has 1 fully saturated rings. The normalized spacial score (nSPS) is 20.1. The quantitative estimate of drug-likeness (QED) is 0.395. The molecule has 2 aromatic carbocycles. The first-order valence-electron chi connectivity index (χ1n) is 11.8. The summed E-state index contributed by atoms with van der Waals surface area (Å²) in [6.45, 7) is 9.83. The van der Waals surface area contributed by atoms with Crippen LogP contribution in [0, 0.1) is 0 Å². The SMILES string of the molecule is CC1CN(Cc2ccc(-c3cc4c(NC(C)c5ccccc5)ncnc4[nH]3)cc2)C[C@@H](C)N1. The van der Waals surface area contributed by atoms with Crippen molar-refractivity contribution in [3.8, 4) is 11.3 Å². The van der Waals surface area contributed by atoms with Gasteiger partial charge in [-0.05, 0) is 43.5 Å². The zero-order valence-corrected chi connectivity index (χ0v) is 19.5. The number of hydrogen-bond donors (Lipinski definition) is 3. The molecule has 33 heavy (non-hydrogen) atoms. The van der Waals surface area contributed by atoms with Crippen LogP contribution in [0.15, 0.2) is 67.0 Å². The lowest BCUT2D eigenvalue weighted by Crippen LogP contribution is -2.53. The van der Waals surface area contributed by atoms with Gasteiger partial charge in [0.25, 0.3) is 0 Å². The molecule has 1 aliphatic heterocycles. The molecular weight excluding hydrogens is 408 g/mol. The fourth-order valence-electron chi connectivity index (χ4n) is 4.86. The smallest absolute Gasteiger partial charge is 0.143 e. The van der Waals surface area contributed by atoms with Gasteiger partial charge < -0.3 is 15.6 Å². The maximum Gasteiger partial charge on any atom is 0.143 e. The topological polar surface area (TPSA) is 68.9 Å². The molecule has 0 bridgehead atoms. The lowest BCUT2D eigenvalue weighted by molar-refractivity contribution is 0.166. The lowest BCUT2D eigenvalue weighted by Gasteiger charge is -2.36. The molecule has 0 spiro atoms. The summed E-state index contributed by atoms with van der Waals surface area (Å²) in [5, 5.41) is 8.15. The molecule has 0 amide bonds. The van der Waals surface area contributed by atoms with Crippen molar-refractivity contribution < 1.29 is 0 Å².